The van der Waals surface area contributed by atoms with Gasteiger partial charge in [-0.2, -0.15) is 0 Å². The number of aliphatic hydroxyl groups is 1. The Kier molecular flexibility index (Phi) is 5.22. The fourth-order valence-electron chi connectivity index (χ4n) is 3.56. The molecule has 2 atom stereocenters. The molecule has 0 aromatic heterocycles. The second-order valence-electron chi connectivity index (χ2n) is 6.59. The molecular formula is C15H28N2O2. The fourth-order valence-corrected chi connectivity index (χ4v) is 3.56. The van der Waals surface area contributed by atoms with Crippen molar-refractivity contribution in [2.24, 2.45) is 11.8 Å². The summed E-state index contributed by atoms with van der Waals surface area (Å²) in [6, 6.07) is 0.332. The summed E-state index contributed by atoms with van der Waals surface area (Å²) < 4.78 is 0. The lowest BCUT2D eigenvalue weighted by molar-refractivity contribution is -0.128. The average molecular weight is 268 g/mol. The quantitative estimate of drug-likeness (QED) is 0.810. The molecule has 2 saturated carbocycles. The van der Waals surface area contributed by atoms with Crippen LogP contribution in [0.1, 0.15) is 44.9 Å². The van der Waals surface area contributed by atoms with E-state index in [-0.39, 0.29) is 11.8 Å². The van der Waals surface area contributed by atoms with Crippen LogP contribution in [0.15, 0.2) is 0 Å². The highest BCUT2D eigenvalue weighted by Crippen LogP contribution is 2.28. The maximum Gasteiger partial charge on any atom is 0.225 e. The van der Waals surface area contributed by atoms with Crippen molar-refractivity contribution in [1.29, 1.82) is 0 Å². The van der Waals surface area contributed by atoms with Crippen molar-refractivity contribution in [3.8, 4) is 0 Å². The third-order valence-corrected chi connectivity index (χ3v) is 4.63. The molecule has 19 heavy (non-hydrogen) atoms. The van der Waals surface area contributed by atoms with Crippen LogP contribution in [-0.4, -0.2) is 48.7 Å². The molecule has 0 spiro atoms. The number of amides is 1. The molecule has 2 aliphatic carbocycles. The summed E-state index contributed by atoms with van der Waals surface area (Å²) in [7, 11) is 4.24. The van der Waals surface area contributed by atoms with Gasteiger partial charge in [0.05, 0.1) is 12.0 Å². The molecule has 0 bridgehead atoms. The first kappa shape index (κ1) is 14.8. The molecule has 2 rings (SSSR count). The number of carbonyl (C=O) groups is 1. The number of rotatable bonds is 4. The number of nitrogens with one attached hydrogen (secondary N) is 1. The van der Waals surface area contributed by atoms with E-state index in [0.29, 0.717) is 6.04 Å². The van der Waals surface area contributed by atoms with Crippen molar-refractivity contribution in [1.82, 2.24) is 10.2 Å². The smallest absolute Gasteiger partial charge is 0.225 e. The summed E-state index contributed by atoms with van der Waals surface area (Å²) >= 11 is 0. The topological polar surface area (TPSA) is 52.6 Å². The Bertz CT molecular complexity index is 299. The predicted molar refractivity (Wildman–Crippen MR) is 75.8 cm³/mol. The predicted octanol–water partition coefficient (Wildman–Crippen LogP) is 1.38. The summed E-state index contributed by atoms with van der Waals surface area (Å²) in [6.45, 7) is 1.15. The zero-order chi connectivity index (χ0) is 13.8. The molecular weight excluding hydrogens is 240 g/mol. The van der Waals surface area contributed by atoms with Gasteiger partial charge < -0.3 is 15.3 Å². The number of carbonyl (C=O) groups excluding carboxylic acids is 1. The number of aliphatic hydroxyl groups excluding tert-OH is 1. The lowest BCUT2D eigenvalue weighted by Crippen LogP contribution is -2.43. The lowest BCUT2D eigenvalue weighted by Gasteiger charge is -2.31. The van der Waals surface area contributed by atoms with E-state index in [2.05, 4.69) is 24.3 Å². The van der Waals surface area contributed by atoms with Crippen molar-refractivity contribution in [2.75, 3.05) is 20.6 Å². The second kappa shape index (κ2) is 6.71. The fraction of sp³-hybridized carbons (Fsp3) is 0.933. The normalized spacial score (nSPS) is 35.6. The largest absolute Gasteiger partial charge is 0.392 e. The third kappa shape index (κ3) is 4.18. The summed E-state index contributed by atoms with van der Waals surface area (Å²) in [6.07, 6.45) is 6.79. The monoisotopic (exact) mass is 268 g/mol. The van der Waals surface area contributed by atoms with Crippen molar-refractivity contribution < 1.29 is 9.90 Å². The molecule has 4 heteroatoms. The van der Waals surface area contributed by atoms with Gasteiger partial charge in [-0.25, -0.2) is 0 Å². The van der Waals surface area contributed by atoms with Crippen LogP contribution in [-0.2, 0) is 4.79 Å². The summed E-state index contributed by atoms with van der Waals surface area (Å²) in [5.74, 6) is 0.709. The van der Waals surface area contributed by atoms with Gasteiger partial charge in [-0.05, 0) is 65.0 Å². The maximum atomic E-state index is 12.1. The van der Waals surface area contributed by atoms with E-state index < -0.39 is 6.10 Å². The minimum absolute atomic E-state index is 0.0843. The molecule has 1 amide bonds. The van der Waals surface area contributed by atoms with Gasteiger partial charge in [-0.3, -0.25) is 4.79 Å². The van der Waals surface area contributed by atoms with Gasteiger partial charge in [-0.1, -0.05) is 0 Å². The van der Waals surface area contributed by atoms with E-state index in [1.54, 1.807) is 0 Å². The van der Waals surface area contributed by atoms with E-state index in [1.165, 1.54) is 12.8 Å². The molecule has 0 heterocycles. The first-order valence-corrected chi connectivity index (χ1v) is 7.69. The molecule has 2 aliphatic rings. The van der Waals surface area contributed by atoms with Crippen molar-refractivity contribution in [3.63, 3.8) is 0 Å². The second-order valence-corrected chi connectivity index (χ2v) is 6.59. The van der Waals surface area contributed by atoms with Crippen LogP contribution in [0.5, 0.6) is 0 Å². The number of hydrogen-bond acceptors (Lipinski definition) is 3. The van der Waals surface area contributed by atoms with E-state index in [0.717, 1.165) is 44.6 Å². The van der Waals surface area contributed by atoms with Crippen molar-refractivity contribution in [2.45, 2.75) is 57.1 Å². The molecule has 2 N–H and O–H groups in total. The molecule has 0 radical (unpaired) electrons. The van der Waals surface area contributed by atoms with Gasteiger partial charge in [0.2, 0.25) is 5.91 Å². The molecule has 4 nitrogen and oxygen atoms in total. The summed E-state index contributed by atoms with van der Waals surface area (Å²) in [5, 5.41) is 12.9. The van der Waals surface area contributed by atoms with Gasteiger partial charge in [-0.15, -0.1) is 0 Å². The van der Waals surface area contributed by atoms with Crippen LogP contribution in [0, 0.1) is 11.8 Å². The Morgan fingerprint density at radius 2 is 1.84 bits per heavy atom. The Morgan fingerprint density at radius 1 is 1.16 bits per heavy atom. The highest BCUT2D eigenvalue weighted by atomic mass is 16.3. The van der Waals surface area contributed by atoms with Crippen molar-refractivity contribution >= 4 is 5.91 Å². The van der Waals surface area contributed by atoms with Crippen LogP contribution < -0.4 is 5.32 Å². The van der Waals surface area contributed by atoms with Crippen LogP contribution in [0.3, 0.4) is 0 Å². The van der Waals surface area contributed by atoms with Gasteiger partial charge in [0.1, 0.15) is 0 Å². The molecule has 0 aromatic carbocycles. The molecule has 0 aliphatic heterocycles. The van der Waals surface area contributed by atoms with Gasteiger partial charge in [0.25, 0.3) is 0 Å². The van der Waals surface area contributed by atoms with Gasteiger partial charge in [0.15, 0.2) is 0 Å². The lowest BCUT2D eigenvalue weighted by atomic mass is 9.85. The summed E-state index contributed by atoms with van der Waals surface area (Å²) in [5.41, 5.74) is 0. The van der Waals surface area contributed by atoms with Crippen molar-refractivity contribution in [3.05, 3.63) is 0 Å². The van der Waals surface area contributed by atoms with Gasteiger partial charge >= 0.3 is 0 Å². The number of nitrogens with zero attached hydrogens (tertiary/aromatic N) is 1. The Morgan fingerprint density at radius 3 is 2.37 bits per heavy atom. The highest BCUT2D eigenvalue weighted by molar-refractivity contribution is 5.79. The Balaban J connectivity index is 1.72. The zero-order valence-electron chi connectivity index (χ0n) is 12.3. The highest BCUT2D eigenvalue weighted by Gasteiger charge is 2.33. The Hall–Kier alpha value is -0.610. The molecule has 0 saturated heterocycles. The first-order chi connectivity index (χ1) is 9.06. The van der Waals surface area contributed by atoms with Crippen LogP contribution in [0.2, 0.25) is 0 Å². The van der Waals surface area contributed by atoms with E-state index in [1.807, 2.05) is 0 Å². The minimum Gasteiger partial charge on any atom is -0.392 e. The van der Waals surface area contributed by atoms with Crippen LogP contribution >= 0.6 is 0 Å². The minimum atomic E-state index is -0.412. The third-order valence-electron chi connectivity index (χ3n) is 4.63. The van der Waals surface area contributed by atoms with E-state index in [4.69, 9.17) is 0 Å². The standard InChI is InChI=1S/C15H28N2O2/c1-17(2)10-11-6-8-12(9-7-11)16-15(19)13-4-3-5-14(13)18/h11-14,18H,3-10H2,1-2H3,(H,16,19). The Labute approximate surface area is 116 Å². The van der Waals surface area contributed by atoms with E-state index in [9.17, 15) is 9.90 Å². The SMILES string of the molecule is CN(C)CC1CCC(NC(=O)C2CCCC2O)CC1. The van der Waals surface area contributed by atoms with Crippen LogP contribution in [0.25, 0.3) is 0 Å². The molecule has 0 aromatic rings. The van der Waals surface area contributed by atoms with Crippen LogP contribution in [0.4, 0.5) is 0 Å². The molecule has 110 valence electrons. The van der Waals surface area contributed by atoms with Gasteiger partial charge in [0, 0.05) is 12.6 Å². The average Bonchev–Trinajstić information content (AvgIpc) is 2.77. The summed E-state index contributed by atoms with van der Waals surface area (Å²) in [4.78, 5) is 14.4. The molecule has 2 fully saturated rings. The first-order valence-electron chi connectivity index (χ1n) is 7.69. The number of hydrogen-bond donors (Lipinski definition) is 2. The molecule has 2 unspecified atom stereocenters. The zero-order valence-corrected chi connectivity index (χ0v) is 12.3. The maximum absolute atomic E-state index is 12.1. The van der Waals surface area contributed by atoms with E-state index >= 15 is 0 Å².